The van der Waals surface area contributed by atoms with Gasteiger partial charge in [0.05, 0.1) is 6.54 Å². The Morgan fingerprint density at radius 3 is 2.50 bits per heavy atom. The third-order valence-corrected chi connectivity index (χ3v) is 3.82. The van der Waals surface area contributed by atoms with Gasteiger partial charge in [0.15, 0.2) is 0 Å². The molecule has 4 heteroatoms. The number of carbonyl (C=O) groups excluding carboxylic acids is 1. The minimum Gasteiger partial charge on any atom is -0.345 e. The maximum atomic E-state index is 13.0. The van der Waals surface area contributed by atoms with Crippen LogP contribution in [-0.4, -0.2) is 21.9 Å². The summed E-state index contributed by atoms with van der Waals surface area (Å²) in [5, 5.41) is 0. The lowest BCUT2D eigenvalue weighted by molar-refractivity contribution is -0.139. The molecule has 0 aliphatic rings. The highest BCUT2D eigenvalue weighted by molar-refractivity contribution is 5.81. The lowest BCUT2D eigenvalue weighted by Crippen LogP contribution is -2.39. The van der Waals surface area contributed by atoms with Crippen LogP contribution in [0.3, 0.4) is 0 Å². The van der Waals surface area contributed by atoms with Crippen LogP contribution in [0.4, 0.5) is 4.39 Å². The minimum absolute atomic E-state index is 0.0944. The predicted octanol–water partition coefficient (Wildman–Crippen LogP) is 4.24. The Kier molecular flexibility index (Phi) is 5.60. The van der Waals surface area contributed by atoms with Gasteiger partial charge in [0.25, 0.3) is 0 Å². The van der Waals surface area contributed by atoms with Crippen molar-refractivity contribution >= 4 is 5.91 Å². The highest BCUT2D eigenvalue weighted by Gasteiger charge is 2.27. The normalized spacial score (nSPS) is 11.3. The number of carbonyl (C=O) groups is 1. The number of rotatable bonds is 6. The summed E-state index contributed by atoms with van der Waals surface area (Å²) >= 11 is 0. The number of hydrogen-bond donors (Lipinski definition) is 0. The molecule has 2 aromatic rings. The fourth-order valence-electron chi connectivity index (χ4n) is 2.58. The molecule has 0 saturated carbocycles. The zero-order valence-corrected chi connectivity index (χ0v) is 14.6. The first-order chi connectivity index (χ1) is 11.3. The van der Waals surface area contributed by atoms with Crippen LogP contribution in [-0.2, 0) is 17.9 Å². The Balaban J connectivity index is 2.17. The molecular weight excluding hydrogens is 303 g/mol. The molecule has 2 rings (SSSR count). The van der Waals surface area contributed by atoms with Crippen molar-refractivity contribution in [3.8, 4) is 0 Å². The van der Waals surface area contributed by atoms with Gasteiger partial charge in [-0.3, -0.25) is 4.79 Å². The van der Waals surface area contributed by atoms with Gasteiger partial charge in [-0.2, -0.15) is 0 Å². The van der Waals surface area contributed by atoms with Gasteiger partial charge in [-0.25, -0.2) is 4.39 Å². The summed E-state index contributed by atoms with van der Waals surface area (Å²) in [6.45, 7) is 11.2. The van der Waals surface area contributed by atoms with Crippen molar-refractivity contribution in [2.24, 2.45) is 5.41 Å². The van der Waals surface area contributed by atoms with Gasteiger partial charge in [0.2, 0.25) is 5.91 Å². The van der Waals surface area contributed by atoms with Gasteiger partial charge in [0, 0.05) is 30.4 Å². The molecule has 0 bridgehead atoms. The average Bonchev–Trinajstić information content (AvgIpc) is 2.94. The number of hydrogen-bond acceptors (Lipinski definition) is 1. The van der Waals surface area contributed by atoms with Gasteiger partial charge in [-0.05, 0) is 29.8 Å². The molecule has 1 aromatic carbocycles. The minimum atomic E-state index is -0.433. The molecule has 24 heavy (non-hydrogen) atoms. The molecule has 0 unspecified atom stereocenters. The Morgan fingerprint density at radius 2 is 1.92 bits per heavy atom. The van der Waals surface area contributed by atoms with E-state index in [1.54, 1.807) is 18.2 Å². The lowest BCUT2D eigenvalue weighted by atomic mass is 9.94. The summed E-state index contributed by atoms with van der Waals surface area (Å²) in [5.74, 6) is -0.142. The summed E-state index contributed by atoms with van der Waals surface area (Å²) in [6, 6.07) is 10.5. The molecule has 0 fully saturated rings. The van der Waals surface area contributed by atoms with E-state index >= 15 is 0 Å². The molecule has 3 nitrogen and oxygen atoms in total. The summed E-state index contributed by atoms with van der Waals surface area (Å²) in [5.41, 5.74) is 1.63. The number of amides is 1. The lowest BCUT2D eigenvalue weighted by Gasteiger charge is -2.29. The molecule has 1 aromatic heterocycles. The van der Waals surface area contributed by atoms with Crippen LogP contribution < -0.4 is 0 Å². The summed E-state index contributed by atoms with van der Waals surface area (Å²) in [7, 11) is 0. The van der Waals surface area contributed by atoms with Crippen LogP contribution in [0.2, 0.25) is 0 Å². The SMILES string of the molecule is C=CCN(Cc1cccn1Cc1ccc(F)cc1)C(=O)C(C)(C)C. The zero-order chi connectivity index (χ0) is 17.7. The maximum Gasteiger partial charge on any atom is 0.228 e. The molecule has 1 heterocycles. The van der Waals surface area contributed by atoms with E-state index in [1.165, 1.54) is 12.1 Å². The van der Waals surface area contributed by atoms with Gasteiger partial charge in [0.1, 0.15) is 5.82 Å². The van der Waals surface area contributed by atoms with Gasteiger partial charge in [-0.1, -0.05) is 39.0 Å². The van der Waals surface area contributed by atoms with E-state index in [-0.39, 0.29) is 11.7 Å². The second kappa shape index (κ2) is 7.47. The van der Waals surface area contributed by atoms with Crippen LogP contribution in [0, 0.1) is 11.2 Å². The standard InChI is InChI=1S/C20H25FN2O/c1-5-12-23(19(24)20(2,3)4)15-18-7-6-13-22(18)14-16-8-10-17(21)11-9-16/h5-11,13H,1,12,14-15H2,2-4H3. The van der Waals surface area contributed by atoms with Crippen molar-refractivity contribution in [1.29, 1.82) is 0 Å². The van der Waals surface area contributed by atoms with E-state index in [0.717, 1.165) is 11.3 Å². The van der Waals surface area contributed by atoms with Gasteiger partial charge in [-0.15, -0.1) is 6.58 Å². The van der Waals surface area contributed by atoms with Gasteiger partial charge < -0.3 is 9.47 Å². The molecule has 0 aliphatic carbocycles. The summed E-state index contributed by atoms with van der Waals surface area (Å²) in [6.07, 6.45) is 3.73. The van der Waals surface area contributed by atoms with E-state index < -0.39 is 5.41 Å². The molecular formula is C20H25FN2O. The third kappa shape index (κ3) is 4.57. The second-order valence-electron chi connectivity index (χ2n) is 6.98. The number of benzene rings is 1. The van der Waals surface area contributed by atoms with E-state index in [1.807, 2.05) is 44.0 Å². The van der Waals surface area contributed by atoms with Crippen LogP contribution in [0.15, 0.2) is 55.3 Å². The molecule has 1 amide bonds. The van der Waals surface area contributed by atoms with E-state index in [4.69, 9.17) is 0 Å². The Bertz CT molecular complexity index is 695. The molecule has 0 aliphatic heterocycles. The smallest absolute Gasteiger partial charge is 0.228 e. The van der Waals surface area contributed by atoms with Gasteiger partial charge >= 0.3 is 0 Å². The van der Waals surface area contributed by atoms with Crippen LogP contribution >= 0.6 is 0 Å². The maximum absolute atomic E-state index is 13.0. The molecule has 0 saturated heterocycles. The first kappa shape index (κ1) is 18.0. The van der Waals surface area contributed by atoms with E-state index in [9.17, 15) is 9.18 Å². The molecule has 0 atom stereocenters. The number of nitrogens with zero attached hydrogens (tertiary/aromatic N) is 2. The van der Waals surface area contributed by atoms with Crippen molar-refractivity contribution < 1.29 is 9.18 Å². The fraction of sp³-hybridized carbons (Fsp3) is 0.350. The third-order valence-electron chi connectivity index (χ3n) is 3.82. The Hall–Kier alpha value is -2.36. The zero-order valence-electron chi connectivity index (χ0n) is 14.6. The van der Waals surface area contributed by atoms with E-state index in [0.29, 0.717) is 19.6 Å². The first-order valence-electron chi connectivity index (χ1n) is 8.10. The predicted molar refractivity (Wildman–Crippen MR) is 95.0 cm³/mol. The van der Waals surface area contributed by atoms with Crippen LogP contribution in [0.1, 0.15) is 32.0 Å². The average molecular weight is 328 g/mol. The Morgan fingerprint density at radius 1 is 1.25 bits per heavy atom. The van der Waals surface area contributed by atoms with Crippen molar-refractivity contribution in [3.63, 3.8) is 0 Å². The first-order valence-corrected chi connectivity index (χ1v) is 8.10. The highest BCUT2D eigenvalue weighted by atomic mass is 19.1. The molecule has 0 radical (unpaired) electrons. The van der Waals surface area contributed by atoms with Crippen LogP contribution in [0.5, 0.6) is 0 Å². The van der Waals surface area contributed by atoms with E-state index in [2.05, 4.69) is 11.1 Å². The summed E-state index contributed by atoms with van der Waals surface area (Å²) < 4.78 is 15.1. The fourth-order valence-corrected chi connectivity index (χ4v) is 2.58. The topological polar surface area (TPSA) is 25.2 Å². The second-order valence-corrected chi connectivity index (χ2v) is 6.98. The number of halogens is 1. The quantitative estimate of drug-likeness (QED) is 0.728. The molecule has 0 spiro atoms. The molecule has 128 valence electrons. The van der Waals surface area contributed by atoms with Crippen molar-refractivity contribution in [3.05, 3.63) is 72.3 Å². The van der Waals surface area contributed by atoms with Crippen molar-refractivity contribution in [2.45, 2.75) is 33.9 Å². The van der Waals surface area contributed by atoms with Crippen LogP contribution in [0.25, 0.3) is 0 Å². The van der Waals surface area contributed by atoms with Crippen molar-refractivity contribution in [2.75, 3.05) is 6.54 Å². The summed E-state index contributed by atoms with van der Waals surface area (Å²) in [4.78, 5) is 14.4. The number of aromatic nitrogens is 1. The monoisotopic (exact) mass is 328 g/mol. The van der Waals surface area contributed by atoms with Crippen molar-refractivity contribution in [1.82, 2.24) is 9.47 Å². The Labute approximate surface area is 143 Å². The largest absolute Gasteiger partial charge is 0.345 e. The highest BCUT2D eigenvalue weighted by Crippen LogP contribution is 2.20. The molecule has 0 N–H and O–H groups in total.